The minimum absolute atomic E-state index is 0.135. The molecule has 0 spiro atoms. The first-order valence-corrected chi connectivity index (χ1v) is 3.85. The van der Waals surface area contributed by atoms with Gasteiger partial charge in [-0.1, -0.05) is 19.1 Å². The number of benzene rings is 1. The zero-order valence-corrected chi connectivity index (χ0v) is 7.05. The SMILES string of the molecule is CCc1ccc(P)c(F)c1. The molecule has 0 amide bonds. The molecule has 1 atom stereocenters. The molecule has 10 heavy (non-hydrogen) atoms. The highest BCUT2D eigenvalue weighted by Crippen LogP contribution is 2.04. The molecule has 0 saturated carbocycles. The van der Waals surface area contributed by atoms with E-state index < -0.39 is 0 Å². The monoisotopic (exact) mass is 156 g/mol. The van der Waals surface area contributed by atoms with E-state index in [1.165, 1.54) is 0 Å². The van der Waals surface area contributed by atoms with Gasteiger partial charge in [0.15, 0.2) is 0 Å². The van der Waals surface area contributed by atoms with Crippen molar-refractivity contribution >= 4 is 14.5 Å². The van der Waals surface area contributed by atoms with E-state index in [1.807, 2.05) is 13.0 Å². The molecule has 0 N–H and O–H groups in total. The first-order valence-electron chi connectivity index (χ1n) is 3.28. The van der Waals surface area contributed by atoms with Crippen LogP contribution in [0.5, 0.6) is 0 Å². The van der Waals surface area contributed by atoms with Crippen molar-refractivity contribution in [2.24, 2.45) is 0 Å². The predicted molar refractivity (Wildman–Crippen MR) is 45.1 cm³/mol. The third-order valence-electron chi connectivity index (χ3n) is 1.47. The Morgan fingerprint density at radius 1 is 1.50 bits per heavy atom. The van der Waals surface area contributed by atoms with E-state index in [1.54, 1.807) is 12.1 Å². The Morgan fingerprint density at radius 2 is 2.20 bits per heavy atom. The van der Waals surface area contributed by atoms with Crippen molar-refractivity contribution in [3.63, 3.8) is 0 Å². The van der Waals surface area contributed by atoms with Crippen LogP contribution in [-0.2, 0) is 6.42 Å². The molecule has 1 unspecified atom stereocenters. The molecular formula is C8H10FP. The lowest BCUT2D eigenvalue weighted by Crippen LogP contribution is -1.97. The minimum Gasteiger partial charge on any atom is -0.206 e. The molecule has 0 saturated heterocycles. The number of halogens is 1. The van der Waals surface area contributed by atoms with Crippen LogP contribution >= 0.6 is 9.24 Å². The lowest BCUT2D eigenvalue weighted by Gasteiger charge is -1.97. The van der Waals surface area contributed by atoms with Crippen LogP contribution in [-0.4, -0.2) is 0 Å². The Hall–Kier alpha value is -0.420. The normalized spacial score (nSPS) is 9.90. The highest BCUT2D eigenvalue weighted by Gasteiger charge is 1.95. The van der Waals surface area contributed by atoms with E-state index in [4.69, 9.17) is 0 Å². The quantitative estimate of drug-likeness (QED) is 0.544. The smallest absolute Gasteiger partial charge is 0.130 e. The van der Waals surface area contributed by atoms with Gasteiger partial charge in [-0.2, -0.15) is 0 Å². The fourth-order valence-electron chi connectivity index (χ4n) is 0.791. The van der Waals surface area contributed by atoms with Gasteiger partial charge in [0.05, 0.1) is 0 Å². The van der Waals surface area contributed by atoms with Gasteiger partial charge in [-0.15, -0.1) is 9.24 Å². The van der Waals surface area contributed by atoms with Gasteiger partial charge in [0.25, 0.3) is 0 Å². The molecule has 0 radical (unpaired) electrons. The molecule has 54 valence electrons. The summed E-state index contributed by atoms with van der Waals surface area (Å²) in [6, 6.07) is 5.28. The van der Waals surface area contributed by atoms with Crippen LogP contribution in [0.15, 0.2) is 18.2 Å². The predicted octanol–water partition coefficient (Wildman–Crippen LogP) is 1.89. The molecule has 1 rings (SSSR count). The van der Waals surface area contributed by atoms with Crippen LogP contribution < -0.4 is 5.30 Å². The maximum Gasteiger partial charge on any atom is 0.130 e. The summed E-state index contributed by atoms with van der Waals surface area (Å²) < 4.78 is 12.7. The molecule has 2 heteroatoms. The first-order chi connectivity index (χ1) is 4.74. The Labute approximate surface area is 62.7 Å². The number of aryl methyl sites for hydroxylation is 1. The van der Waals surface area contributed by atoms with Crippen molar-refractivity contribution in [3.8, 4) is 0 Å². The maximum atomic E-state index is 12.7. The average molecular weight is 156 g/mol. The van der Waals surface area contributed by atoms with Crippen molar-refractivity contribution in [1.29, 1.82) is 0 Å². The lowest BCUT2D eigenvalue weighted by atomic mass is 10.2. The summed E-state index contributed by atoms with van der Waals surface area (Å²) in [5, 5.41) is 0.636. The second-order valence-corrected chi connectivity index (χ2v) is 2.83. The van der Waals surface area contributed by atoms with Gasteiger partial charge in [-0.25, -0.2) is 4.39 Å². The van der Waals surface area contributed by atoms with Crippen LogP contribution in [0.3, 0.4) is 0 Å². The Bertz CT molecular complexity index is 233. The molecule has 0 bridgehead atoms. The largest absolute Gasteiger partial charge is 0.206 e. The third-order valence-corrected chi connectivity index (χ3v) is 1.94. The summed E-state index contributed by atoms with van der Waals surface area (Å²) in [5.41, 5.74) is 1.05. The van der Waals surface area contributed by atoms with Crippen LogP contribution in [0.1, 0.15) is 12.5 Å². The summed E-state index contributed by atoms with van der Waals surface area (Å²) in [6.45, 7) is 2.01. The van der Waals surface area contributed by atoms with Gasteiger partial charge >= 0.3 is 0 Å². The second kappa shape index (κ2) is 3.12. The lowest BCUT2D eigenvalue weighted by molar-refractivity contribution is 0.634. The number of hydrogen-bond acceptors (Lipinski definition) is 0. The highest BCUT2D eigenvalue weighted by atomic mass is 31.0. The highest BCUT2D eigenvalue weighted by molar-refractivity contribution is 7.27. The van der Waals surface area contributed by atoms with Gasteiger partial charge in [-0.05, 0) is 18.1 Å². The molecule has 0 aliphatic carbocycles. The molecule has 0 fully saturated rings. The minimum atomic E-state index is -0.135. The Kier molecular flexibility index (Phi) is 2.39. The van der Waals surface area contributed by atoms with E-state index in [0.29, 0.717) is 5.30 Å². The van der Waals surface area contributed by atoms with E-state index in [2.05, 4.69) is 9.24 Å². The van der Waals surface area contributed by atoms with Crippen molar-refractivity contribution in [2.75, 3.05) is 0 Å². The number of hydrogen-bond donors (Lipinski definition) is 0. The van der Waals surface area contributed by atoms with Gasteiger partial charge in [0, 0.05) is 5.30 Å². The van der Waals surface area contributed by atoms with Gasteiger partial charge in [0.2, 0.25) is 0 Å². The van der Waals surface area contributed by atoms with Gasteiger partial charge in [0.1, 0.15) is 5.82 Å². The first kappa shape index (κ1) is 7.68. The van der Waals surface area contributed by atoms with Crippen LogP contribution in [0.4, 0.5) is 4.39 Å². The van der Waals surface area contributed by atoms with E-state index in [-0.39, 0.29) is 5.82 Å². The van der Waals surface area contributed by atoms with Gasteiger partial charge < -0.3 is 0 Å². The zero-order valence-electron chi connectivity index (χ0n) is 5.89. The van der Waals surface area contributed by atoms with Crippen molar-refractivity contribution in [3.05, 3.63) is 29.6 Å². The molecule has 0 aliphatic rings. The summed E-state index contributed by atoms with van der Waals surface area (Å²) >= 11 is 0. The summed E-state index contributed by atoms with van der Waals surface area (Å²) in [7, 11) is 2.36. The summed E-state index contributed by atoms with van der Waals surface area (Å²) in [5.74, 6) is -0.135. The van der Waals surface area contributed by atoms with Crippen LogP contribution in [0.2, 0.25) is 0 Å². The second-order valence-electron chi connectivity index (χ2n) is 2.21. The molecule has 0 heterocycles. The molecular weight excluding hydrogens is 146 g/mol. The van der Waals surface area contributed by atoms with E-state index in [0.717, 1.165) is 12.0 Å². The summed E-state index contributed by atoms with van der Waals surface area (Å²) in [4.78, 5) is 0. The van der Waals surface area contributed by atoms with Crippen molar-refractivity contribution < 1.29 is 4.39 Å². The fraction of sp³-hybridized carbons (Fsp3) is 0.250. The molecule has 0 aliphatic heterocycles. The molecule has 1 aromatic carbocycles. The fourth-order valence-corrected chi connectivity index (χ4v) is 0.970. The molecule has 0 nitrogen and oxygen atoms in total. The van der Waals surface area contributed by atoms with Crippen LogP contribution in [0.25, 0.3) is 0 Å². The van der Waals surface area contributed by atoms with Gasteiger partial charge in [-0.3, -0.25) is 0 Å². The van der Waals surface area contributed by atoms with E-state index >= 15 is 0 Å². The number of rotatable bonds is 1. The van der Waals surface area contributed by atoms with Crippen LogP contribution in [0, 0.1) is 5.82 Å². The molecule has 1 aromatic rings. The topological polar surface area (TPSA) is 0 Å². The van der Waals surface area contributed by atoms with E-state index in [9.17, 15) is 4.39 Å². The molecule has 0 aromatic heterocycles. The summed E-state index contributed by atoms with van der Waals surface area (Å²) in [6.07, 6.45) is 0.891. The Morgan fingerprint density at radius 3 is 2.70 bits per heavy atom. The standard InChI is InChI=1S/C8H10FP/c1-2-6-3-4-8(10)7(9)5-6/h3-5H,2,10H2,1H3. The third kappa shape index (κ3) is 1.54. The van der Waals surface area contributed by atoms with Crippen molar-refractivity contribution in [1.82, 2.24) is 0 Å². The average Bonchev–Trinajstić information content (AvgIpc) is 1.95. The Balaban J connectivity index is 3.04. The zero-order chi connectivity index (χ0) is 7.56. The maximum absolute atomic E-state index is 12.7. The van der Waals surface area contributed by atoms with Crippen molar-refractivity contribution in [2.45, 2.75) is 13.3 Å².